The molecule has 0 saturated heterocycles. The lowest BCUT2D eigenvalue weighted by molar-refractivity contribution is 0.903. The number of nitrogens with two attached hydrogens (primary N) is 1. The third-order valence-electron chi connectivity index (χ3n) is 3.13. The molecule has 0 radical (unpaired) electrons. The van der Waals surface area contributed by atoms with Crippen molar-refractivity contribution < 1.29 is 0 Å². The minimum atomic E-state index is -0.0984. The van der Waals surface area contributed by atoms with Gasteiger partial charge in [-0.3, -0.25) is 0 Å². The minimum absolute atomic E-state index is 0.0984. The molecule has 1 unspecified atom stereocenters. The van der Waals surface area contributed by atoms with Crippen LogP contribution in [0.1, 0.15) is 16.5 Å². The van der Waals surface area contributed by atoms with Gasteiger partial charge < -0.3 is 5.73 Å². The molecule has 0 fully saturated rings. The Morgan fingerprint density at radius 1 is 1.00 bits per heavy atom. The highest BCUT2D eigenvalue weighted by molar-refractivity contribution is 9.13. The van der Waals surface area contributed by atoms with Gasteiger partial charge in [-0.15, -0.1) is 11.3 Å². The predicted molar refractivity (Wildman–Crippen MR) is 89.7 cm³/mol. The van der Waals surface area contributed by atoms with Crippen LogP contribution in [-0.2, 0) is 0 Å². The Kier molecular flexibility index (Phi) is 3.76. The molecule has 0 saturated carbocycles. The smallest absolute Gasteiger partial charge is 0.0843 e. The minimum Gasteiger partial charge on any atom is -0.320 e. The van der Waals surface area contributed by atoms with Crippen molar-refractivity contribution in [1.82, 2.24) is 0 Å². The van der Waals surface area contributed by atoms with Crippen molar-refractivity contribution >= 4 is 54.0 Å². The molecule has 3 aromatic rings. The summed E-state index contributed by atoms with van der Waals surface area (Å²) in [6, 6.07) is 16.6. The van der Waals surface area contributed by atoms with E-state index in [1.165, 1.54) is 16.3 Å². The summed E-state index contributed by atoms with van der Waals surface area (Å²) in [5, 5.41) is 2.45. The van der Waals surface area contributed by atoms with Crippen LogP contribution in [0.2, 0.25) is 0 Å². The fourth-order valence-electron chi connectivity index (χ4n) is 2.19. The number of rotatable bonds is 2. The molecule has 0 spiro atoms. The molecule has 1 atom stereocenters. The molecule has 3 rings (SSSR count). The van der Waals surface area contributed by atoms with Crippen LogP contribution < -0.4 is 5.73 Å². The standard InChI is InChI=1S/C15H11Br2NS/c16-12-8-13(19-15(12)17)14(18)11-7-3-5-9-4-1-2-6-10(9)11/h1-8,14H,18H2. The van der Waals surface area contributed by atoms with Crippen molar-refractivity contribution in [1.29, 1.82) is 0 Å². The molecular weight excluding hydrogens is 386 g/mol. The number of thiophene rings is 1. The van der Waals surface area contributed by atoms with E-state index in [9.17, 15) is 0 Å². The lowest BCUT2D eigenvalue weighted by Crippen LogP contribution is -2.10. The average Bonchev–Trinajstić information content (AvgIpc) is 2.77. The molecule has 4 heteroatoms. The highest BCUT2D eigenvalue weighted by Gasteiger charge is 2.15. The van der Waals surface area contributed by atoms with E-state index in [0.29, 0.717) is 0 Å². The summed E-state index contributed by atoms with van der Waals surface area (Å²) in [6.45, 7) is 0. The summed E-state index contributed by atoms with van der Waals surface area (Å²) >= 11 is 8.71. The van der Waals surface area contributed by atoms with Gasteiger partial charge in [-0.25, -0.2) is 0 Å². The average molecular weight is 397 g/mol. The third-order valence-corrected chi connectivity index (χ3v) is 6.47. The van der Waals surface area contributed by atoms with E-state index in [1.54, 1.807) is 11.3 Å². The number of hydrogen-bond donors (Lipinski definition) is 1. The monoisotopic (exact) mass is 395 g/mol. The van der Waals surface area contributed by atoms with Crippen LogP contribution in [0.3, 0.4) is 0 Å². The Morgan fingerprint density at radius 3 is 2.47 bits per heavy atom. The van der Waals surface area contributed by atoms with Gasteiger partial charge in [0.25, 0.3) is 0 Å². The maximum atomic E-state index is 6.43. The van der Waals surface area contributed by atoms with E-state index in [-0.39, 0.29) is 6.04 Å². The van der Waals surface area contributed by atoms with E-state index < -0.39 is 0 Å². The summed E-state index contributed by atoms with van der Waals surface area (Å²) in [5.41, 5.74) is 7.60. The van der Waals surface area contributed by atoms with Crippen LogP contribution in [0.4, 0.5) is 0 Å². The van der Waals surface area contributed by atoms with Gasteiger partial charge in [-0.2, -0.15) is 0 Å². The first-order valence-corrected chi connectivity index (χ1v) is 8.25. The second-order valence-electron chi connectivity index (χ2n) is 4.32. The molecule has 0 aliphatic carbocycles. The fraction of sp³-hybridized carbons (Fsp3) is 0.0667. The molecule has 0 aliphatic heterocycles. The summed E-state index contributed by atoms with van der Waals surface area (Å²) in [7, 11) is 0. The van der Waals surface area contributed by atoms with Crippen molar-refractivity contribution in [2.24, 2.45) is 5.73 Å². The molecule has 1 nitrogen and oxygen atoms in total. The van der Waals surface area contributed by atoms with E-state index in [1.807, 2.05) is 0 Å². The zero-order valence-electron chi connectivity index (χ0n) is 9.94. The number of fused-ring (bicyclic) bond motifs is 1. The first-order chi connectivity index (χ1) is 9.16. The number of hydrogen-bond acceptors (Lipinski definition) is 2. The Balaban J connectivity index is 2.13. The SMILES string of the molecule is NC(c1cc(Br)c(Br)s1)c1cccc2ccccc12. The van der Waals surface area contributed by atoms with Crippen LogP contribution in [0, 0.1) is 0 Å². The highest BCUT2D eigenvalue weighted by atomic mass is 79.9. The lowest BCUT2D eigenvalue weighted by Gasteiger charge is -2.13. The van der Waals surface area contributed by atoms with Gasteiger partial charge in [0, 0.05) is 9.35 Å². The van der Waals surface area contributed by atoms with Crippen molar-refractivity contribution in [3.63, 3.8) is 0 Å². The van der Waals surface area contributed by atoms with E-state index in [4.69, 9.17) is 5.73 Å². The molecular formula is C15H11Br2NS. The first-order valence-electron chi connectivity index (χ1n) is 5.85. The fourth-order valence-corrected chi connectivity index (χ4v) is 4.30. The molecule has 0 amide bonds. The Morgan fingerprint density at radius 2 is 1.74 bits per heavy atom. The van der Waals surface area contributed by atoms with Crippen LogP contribution in [0.5, 0.6) is 0 Å². The summed E-state index contributed by atoms with van der Waals surface area (Å²) < 4.78 is 2.14. The molecule has 2 aromatic carbocycles. The Labute approximate surface area is 132 Å². The van der Waals surface area contributed by atoms with Gasteiger partial charge in [0.1, 0.15) is 0 Å². The Hall–Kier alpha value is -0.680. The second kappa shape index (κ2) is 5.37. The number of benzene rings is 2. The van der Waals surface area contributed by atoms with Gasteiger partial charge in [0.05, 0.1) is 9.83 Å². The summed E-state index contributed by atoms with van der Waals surface area (Å²) in [5.74, 6) is 0. The summed E-state index contributed by atoms with van der Waals surface area (Å²) in [6.07, 6.45) is 0. The van der Waals surface area contributed by atoms with Gasteiger partial charge in [0.2, 0.25) is 0 Å². The molecule has 1 aromatic heterocycles. The maximum absolute atomic E-state index is 6.43. The molecule has 0 bridgehead atoms. The lowest BCUT2D eigenvalue weighted by atomic mass is 9.98. The number of halogens is 2. The quantitative estimate of drug-likeness (QED) is 0.610. The zero-order valence-corrected chi connectivity index (χ0v) is 13.9. The topological polar surface area (TPSA) is 26.0 Å². The van der Waals surface area contributed by atoms with E-state index in [0.717, 1.165) is 13.1 Å². The highest BCUT2D eigenvalue weighted by Crippen LogP contribution is 2.38. The van der Waals surface area contributed by atoms with Crippen LogP contribution in [0.15, 0.2) is 56.8 Å². The van der Waals surface area contributed by atoms with Gasteiger partial charge in [0.15, 0.2) is 0 Å². The van der Waals surface area contributed by atoms with Crippen molar-refractivity contribution in [3.05, 3.63) is 67.2 Å². The van der Waals surface area contributed by atoms with Gasteiger partial charge in [-0.05, 0) is 54.3 Å². The van der Waals surface area contributed by atoms with Crippen LogP contribution in [-0.4, -0.2) is 0 Å². The van der Waals surface area contributed by atoms with Gasteiger partial charge >= 0.3 is 0 Å². The van der Waals surface area contributed by atoms with Crippen LogP contribution >= 0.6 is 43.2 Å². The zero-order chi connectivity index (χ0) is 13.4. The van der Waals surface area contributed by atoms with Gasteiger partial charge in [-0.1, -0.05) is 42.5 Å². The second-order valence-corrected chi connectivity index (χ2v) is 7.57. The molecule has 96 valence electrons. The van der Waals surface area contributed by atoms with Crippen molar-refractivity contribution in [2.45, 2.75) is 6.04 Å². The largest absolute Gasteiger partial charge is 0.320 e. The molecule has 1 heterocycles. The first kappa shape index (κ1) is 13.3. The Bertz CT molecular complexity index is 711. The van der Waals surface area contributed by atoms with Crippen molar-refractivity contribution in [2.75, 3.05) is 0 Å². The maximum Gasteiger partial charge on any atom is 0.0843 e. The molecule has 0 aliphatic rings. The van der Waals surface area contributed by atoms with Crippen LogP contribution in [0.25, 0.3) is 10.8 Å². The molecule has 19 heavy (non-hydrogen) atoms. The van der Waals surface area contributed by atoms with Crippen molar-refractivity contribution in [3.8, 4) is 0 Å². The summed E-state index contributed by atoms with van der Waals surface area (Å²) in [4.78, 5) is 1.15. The molecule has 2 N–H and O–H groups in total. The van der Waals surface area contributed by atoms with E-state index >= 15 is 0 Å². The third kappa shape index (κ3) is 2.50. The normalized spacial score (nSPS) is 12.8. The van der Waals surface area contributed by atoms with E-state index in [2.05, 4.69) is 80.4 Å². The predicted octanol–water partition coefficient (Wildman–Crippen LogP) is 5.47.